The van der Waals surface area contributed by atoms with Crippen LogP contribution in [0.2, 0.25) is 0 Å². The molecule has 0 saturated carbocycles. The Morgan fingerprint density at radius 1 is 1.82 bits per heavy atom. The summed E-state index contributed by atoms with van der Waals surface area (Å²) in [5.74, 6) is 3.44. The van der Waals surface area contributed by atoms with Crippen LogP contribution in [-0.4, -0.2) is 36.1 Å². The van der Waals surface area contributed by atoms with Crippen LogP contribution in [0.3, 0.4) is 0 Å². The fraction of sp³-hybridized carbons (Fsp3) is 0.375. The third-order valence-electron chi connectivity index (χ3n) is 0.985. The predicted molar refractivity (Wildman–Crippen MR) is 43.1 cm³/mol. The van der Waals surface area contributed by atoms with E-state index in [4.69, 9.17) is 5.11 Å². The molecule has 0 aromatic heterocycles. The van der Waals surface area contributed by atoms with E-state index >= 15 is 0 Å². The van der Waals surface area contributed by atoms with E-state index in [2.05, 4.69) is 12.5 Å². The molecule has 0 aliphatic carbocycles. The summed E-state index contributed by atoms with van der Waals surface area (Å²) in [4.78, 5) is 11.8. The van der Waals surface area contributed by atoms with E-state index in [0.717, 1.165) is 0 Å². The van der Waals surface area contributed by atoms with Crippen LogP contribution >= 0.6 is 0 Å². The van der Waals surface area contributed by atoms with Gasteiger partial charge in [0.15, 0.2) is 0 Å². The SMILES string of the molecule is C=CCN(C)CC#CC(=O)O. The van der Waals surface area contributed by atoms with Gasteiger partial charge in [-0.3, -0.25) is 4.90 Å². The van der Waals surface area contributed by atoms with Crippen molar-refractivity contribution in [2.45, 2.75) is 0 Å². The lowest BCUT2D eigenvalue weighted by Crippen LogP contribution is -2.18. The van der Waals surface area contributed by atoms with Crippen molar-refractivity contribution in [2.75, 3.05) is 20.1 Å². The maximum Gasteiger partial charge on any atom is 0.381 e. The number of nitrogens with zero attached hydrogens (tertiary/aromatic N) is 1. The van der Waals surface area contributed by atoms with E-state index in [9.17, 15) is 4.79 Å². The largest absolute Gasteiger partial charge is 0.472 e. The molecule has 0 aromatic carbocycles. The monoisotopic (exact) mass is 153 g/mol. The van der Waals surface area contributed by atoms with Crippen molar-refractivity contribution < 1.29 is 9.90 Å². The number of rotatable bonds is 3. The summed E-state index contributed by atoms with van der Waals surface area (Å²) in [6, 6.07) is 0. The molecule has 11 heavy (non-hydrogen) atoms. The van der Waals surface area contributed by atoms with Gasteiger partial charge in [0.05, 0.1) is 6.54 Å². The van der Waals surface area contributed by atoms with Crippen LogP contribution in [0, 0.1) is 11.8 Å². The Morgan fingerprint density at radius 3 is 2.91 bits per heavy atom. The first kappa shape index (κ1) is 9.73. The highest BCUT2D eigenvalue weighted by Crippen LogP contribution is 1.78. The number of hydrogen-bond donors (Lipinski definition) is 1. The number of carboxylic acids is 1. The molecule has 0 spiro atoms. The van der Waals surface area contributed by atoms with Crippen molar-refractivity contribution in [1.82, 2.24) is 4.90 Å². The van der Waals surface area contributed by atoms with E-state index in [1.54, 1.807) is 6.08 Å². The highest BCUT2D eigenvalue weighted by molar-refractivity contribution is 5.86. The fourth-order valence-electron chi connectivity index (χ4n) is 0.535. The molecule has 0 rings (SSSR count). The Balaban J connectivity index is 3.62. The van der Waals surface area contributed by atoms with Crippen molar-refractivity contribution in [3.8, 4) is 11.8 Å². The maximum atomic E-state index is 9.93. The first-order chi connectivity index (χ1) is 5.16. The summed E-state index contributed by atoms with van der Waals surface area (Å²) >= 11 is 0. The summed E-state index contributed by atoms with van der Waals surface area (Å²) < 4.78 is 0. The van der Waals surface area contributed by atoms with Gasteiger partial charge in [0.25, 0.3) is 0 Å². The van der Waals surface area contributed by atoms with Gasteiger partial charge in [-0.15, -0.1) is 6.58 Å². The average molecular weight is 153 g/mol. The van der Waals surface area contributed by atoms with Gasteiger partial charge in [-0.25, -0.2) is 4.79 Å². The number of carboxylic acid groups (broad SMARTS) is 1. The van der Waals surface area contributed by atoms with Gasteiger partial charge in [-0.05, 0) is 7.05 Å². The molecule has 0 aliphatic rings. The van der Waals surface area contributed by atoms with Gasteiger partial charge in [0.1, 0.15) is 0 Å². The van der Waals surface area contributed by atoms with Gasteiger partial charge < -0.3 is 5.11 Å². The molecule has 0 aliphatic heterocycles. The van der Waals surface area contributed by atoms with E-state index in [1.807, 2.05) is 17.9 Å². The molecule has 0 bridgehead atoms. The topological polar surface area (TPSA) is 40.5 Å². The molecule has 3 heteroatoms. The second-order valence-corrected chi connectivity index (χ2v) is 2.09. The zero-order chi connectivity index (χ0) is 8.69. The van der Waals surface area contributed by atoms with Crippen LogP contribution in [-0.2, 0) is 4.79 Å². The normalized spacial score (nSPS) is 8.55. The van der Waals surface area contributed by atoms with Crippen LogP contribution in [0.15, 0.2) is 12.7 Å². The van der Waals surface area contributed by atoms with Gasteiger partial charge in [-0.2, -0.15) is 0 Å². The molecule has 0 atom stereocenters. The Morgan fingerprint density at radius 2 is 2.45 bits per heavy atom. The van der Waals surface area contributed by atoms with E-state index < -0.39 is 5.97 Å². The van der Waals surface area contributed by atoms with Crippen LogP contribution in [0.4, 0.5) is 0 Å². The summed E-state index contributed by atoms with van der Waals surface area (Å²) in [7, 11) is 1.85. The average Bonchev–Trinajstić information content (AvgIpc) is 1.87. The molecule has 60 valence electrons. The van der Waals surface area contributed by atoms with Gasteiger partial charge in [0.2, 0.25) is 0 Å². The van der Waals surface area contributed by atoms with Crippen LogP contribution in [0.25, 0.3) is 0 Å². The van der Waals surface area contributed by atoms with Crippen molar-refractivity contribution in [3.05, 3.63) is 12.7 Å². The highest BCUT2D eigenvalue weighted by Gasteiger charge is 1.89. The molecule has 0 amide bonds. The quantitative estimate of drug-likeness (QED) is 0.465. The highest BCUT2D eigenvalue weighted by atomic mass is 16.4. The Hall–Kier alpha value is -1.27. The zero-order valence-electron chi connectivity index (χ0n) is 6.50. The summed E-state index contributed by atoms with van der Waals surface area (Å²) in [5, 5.41) is 8.14. The first-order valence-corrected chi connectivity index (χ1v) is 3.18. The van der Waals surface area contributed by atoms with Crippen molar-refractivity contribution in [1.29, 1.82) is 0 Å². The van der Waals surface area contributed by atoms with Crippen molar-refractivity contribution in [2.24, 2.45) is 0 Å². The fourth-order valence-corrected chi connectivity index (χ4v) is 0.535. The standard InChI is InChI=1S/C8H11NO2/c1-3-6-9(2)7-4-5-8(10)11/h3H,1,6-7H2,2H3,(H,10,11). The zero-order valence-corrected chi connectivity index (χ0v) is 6.50. The van der Waals surface area contributed by atoms with Gasteiger partial charge in [-0.1, -0.05) is 12.0 Å². The van der Waals surface area contributed by atoms with Crippen LogP contribution < -0.4 is 0 Å². The Kier molecular flexibility index (Phi) is 4.87. The molecular weight excluding hydrogens is 142 g/mol. The summed E-state index contributed by atoms with van der Waals surface area (Å²) in [6.07, 6.45) is 1.74. The molecule has 0 fully saturated rings. The lowest BCUT2D eigenvalue weighted by atomic mass is 10.5. The molecule has 0 aromatic rings. The summed E-state index contributed by atoms with van der Waals surface area (Å²) in [5.41, 5.74) is 0. The van der Waals surface area contributed by atoms with Crippen molar-refractivity contribution in [3.63, 3.8) is 0 Å². The molecule has 3 nitrogen and oxygen atoms in total. The third kappa shape index (κ3) is 6.62. The summed E-state index contributed by atoms with van der Waals surface area (Å²) in [6.45, 7) is 4.71. The molecule has 1 N–H and O–H groups in total. The molecule has 0 heterocycles. The first-order valence-electron chi connectivity index (χ1n) is 3.18. The number of carbonyl (C=O) groups is 1. The van der Waals surface area contributed by atoms with E-state index in [0.29, 0.717) is 13.1 Å². The number of hydrogen-bond acceptors (Lipinski definition) is 2. The van der Waals surface area contributed by atoms with Crippen LogP contribution in [0.5, 0.6) is 0 Å². The predicted octanol–water partition coefficient (Wildman–Crippen LogP) is 0.192. The molecule has 0 unspecified atom stereocenters. The maximum absolute atomic E-state index is 9.93. The molecule has 0 radical (unpaired) electrons. The van der Waals surface area contributed by atoms with Crippen molar-refractivity contribution >= 4 is 5.97 Å². The lowest BCUT2D eigenvalue weighted by molar-refractivity contribution is -0.130. The number of aliphatic carboxylic acids is 1. The van der Waals surface area contributed by atoms with Crippen LogP contribution in [0.1, 0.15) is 0 Å². The lowest BCUT2D eigenvalue weighted by Gasteiger charge is -2.07. The second kappa shape index (κ2) is 5.51. The molecular formula is C8H11NO2. The smallest absolute Gasteiger partial charge is 0.381 e. The van der Waals surface area contributed by atoms with E-state index in [-0.39, 0.29) is 0 Å². The number of likely N-dealkylation sites (N-methyl/N-ethyl adjacent to an activating group) is 1. The Labute approximate surface area is 66.3 Å². The third-order valence-corrected chi connectivity index (χ3v) is 0.985. The minimum Gasteiger partial charge on any atom is -0.472 e. The van der Waals surface area contributed by atoms with E-state index in [1.165, 1.54) is 0 Å². The Bertz CT molecular complexity index is 200. The molecule has 0 saturated heterocycles. The van der Waals surface area contributed by atoms with Gasteiger partial charge in [0, 0.05) is 12.5 Å². The minimum atomic E-state index is -1.09. The minimum absolute atomic E-state index is 0.457. The second-order valence-electron chi connectivity index (χ2n) is 2.09. The van der Waals surface area contributed by atoms with Gasteiger partial charge >= 0.3 is 5.97 Å².